The molecular formula is C14H26N4. The van der Waals surface area contributed by atoms with Gasteiger partial charge in [-0.3, -0.25) is 4.90 Å². The Morgan fingerprint density at radius 1 is 1.50 bits per heavy atom. The molecule has 18 heavy (non-hydrogen) atoms. The van der Waals surface area contributed by atoms with E-state index in [0.717, 1.165) is 13.0 Å². The molecule has 2 unspecified atom stereocenters. The van der Waals surface area contributed by atoms with Gasteiger partial charge in [-0.15, -0.1) is 0 Å². The molecule has 1 saturated heterocycles. The Morgan fingerprint density at radius 3 is 3.00 bits per heavy atom. The summed E-state index contributed by atoms with van der Waals surface area (Å²) in [6.07, 6.45) is 9.01. The SMILES string of the molecule is CCCn1cncc1C(CN)N1CCCCC1C. The van der Waals surface area contributed by atoms with Crippen LogP contribution in [0.2, 0.25) is 0 Å². The van der Waals surface area contributed by atoms with Crippen molar-refractivity contribution < 1.29 is 0 Å². The third-order valence-electron chi connectivity index (χ3n) is 4.03. The van der Waals surface area contributed by atoms with E-state index in [9.17, 15) is 0 Å². The van der Waals surface area contributed by atoms with Gasteiger partial charge in [-0.1, -0.05) is 13.3 Å². The molecule has 0 aromatic carbocycles. The van der Waals surface area contributed by atoms with Crippen molar-refractivity contribution in [3.8, 4) is 0 Å². The van der Waals surface area contributed by atoms with Crippen LogP contribution in [0.15, 0.2) is 12.5 Å². The molecule has 4 heteroatoms. The molecule has 0 bridgehead atoms. The van der Waals surface area contributed by atoms with E-state index in [2.05, 4.69) is 28.3 Å². The van der Waals surface area contributed by atoms with Gasteiger partial charge in [0, 0.05) is 25.3 Å². The molecule has 0 saturated carbocycles. The Hall–Kier alpha value is -0.870. The molecule has 2 heterocycles. The molecule has 2 rings (SSSR count). The zero-order chi connectivity index (χ0) is 13.0. The highest BCUT2D eigenvalue weighted by molar-refractivity contribution is 5.07. The third-order valence-corrected chi connectivity index (χ3v) is 4.03. The molecule has 0 radical (unpaired) electrons. The zero-order valence-corrected chi connectivity index (χ0v) is 11.7. The molecule has 1 aliphatic rings. The maximum Gasteiger partial charge on any atom is 0.0948 e. The lowest BCUT2D eigenvalue weighted by Crippen LogP contribution is -2.43. The van der Waals surface area contributed by atoms with Crippen molar-refractivity contribution in [3.05, 3.63) is 18.2 Å². The summed E-state index contributed by atoms with van der Waals surface area (Å²) in [6.45, 7) is 7.40. The van der Waals surface area contributed by atoms with Crippen LogP contribution in [-0.4, -0.2) is 33.6 Å². The smallest absolute Gasteiger partial charge is 0.0948 e. The Labute approximate surface area is 110 Å². The fraction of sp³-hybridized carbons (Fsp3) is 0.786. The Balaban J connectivity index is 2.18. The predicted molar refractivity (Wildman–Crippen MR) is 74.3 cm³/mol. The van der Waals surface area contributed by atoms with E-state index in [1.807, 2.05) is 12.5 Å². The van der Waals surface area contributed by atoms with E-state index < -0.39 is 0 Å². The highest BCUT2D eigenvalue weighted by Crippen LogP contribution is 2.27. The minimum atomic E-state index is 0.328. The van der Waals surface area contributed by atoms with Crippen LogP contribution in [0.1, 0.15) is 51.3 Å². The van der Waals surface area contributed by atoms with Gasteiger partial charge in [0.15, 0.2) is 0 Å². The van der Waals surface area contributed by atoms with Gasteiger partial charge in [-0.05, 0) is 32.7 Å². The first kappa shape index (κ1) is 13.6. The number of hydrogen-bond donors (Lipinski definition) is 1. The second-order valence-electron chi connectivity index (χ2n) is 5.35. The fourth-order valence-electron chi connectivity index (χ4n) is 3.05. The van der Waals surface area contributed by atoms with Crippen LogP contribution < -0.4 is 5.73 Å². The number of imidazole rings is 1. The molecular weight excluding hydrogens is 224 g/mol. The topological polar surface area (TPSA) is 47.1 Å². The first-order valence-corrected chi connectivity index (χ1v) is 7.23. The van der Waals surface area contributed by atoms with Crippen molar-refractivity contribution in [2.24, 2.45) is 5.73 Å². The first-order valence-electron chi connectivity index (χ1n) is 7.23. The van der Waals surface area contributed by atoms with Crippen LogP contribution in [0.5, 0.6) is 0 Å². The van der Waals surface area contributed by atoms with Crippen LogP contribution in [-0.2, 0) is 6.54 Å². The number of likely N-dealkylation sites (tertiary alicyclic amines) is 1. The summed E-state index contributed by atoms with van der Waals surface area (Å²) in [5, 5.41) is 0. The van der Waals surface area contributed by atoms with Crippen molar-refractivity contribution >= 4 is 0 Å². The Bertz CT molecular complexity index is 360. The summed E-state index contributed by atoms with van der Waals surface area (Å²) < 4.78 is 2.26. The van der Waals surface area contributed by atoms with Gasteiger partial charge in [-0.25, -0.2) is 4.98 Å². The standard InChI is InChI=1S/C14H26N4/c1-3-7-17-11-16-10-14(17)13(9-15)18-8-5-4-6-12(18)2/h10-13H,3-9,15H2,1-2H3. The summed E-state index contributed by atoms with van der Waals surface area (Å²) in [7, 11) is 0. The quantitative estimate of drug-likeness (QED) is 0.871. The minimum absolute atomic E-state index is 0.328. The van der Waals surface area contributed by atoms with Crippen LogP contribution in [0, 0.1) is 0 Å². The van der Waals surface area contributed by atoms with Gasteiger partial charge in [0.1, 0.15) is 0 Å². The van der Waals surface area contributed by atoms with Crippen LogP contribution in [0.3, 0.4) is 0 Å². The molecule has 1 aliphatic heterocycles. The molecule has 4 nitrogen and oxygen atoms in total. The zero-order valence-electron chi connectivity index (χ0n) is 11.7. The van der Waals surface area contributed by atoms with Crippen LogP contribution in [0.4, 0.5) is 0 Å². The molecule has 1 fully saturated rings. The second-order valence-corrected chi connectivity index (χ2v) is 5.35. The summed E-state index contributed by atoms with van der Waals surface area (Å²) in [6, 6.07) is 0.964. The Morgan fingerprint density at radius 2 is 2.33 bits per heavy atom. The maximum atomic E-state index is 6.04. The third kappa shape index (κ3) is 2.75. The van der Waals surface area contributed by atoms with E-state index in [1.54, 1.807) is 0 Å². The van der Waals surface area contributed by atoms with Gasteiger partial charge in [0.25, 0.3) is 0 Å². The summed E-state index contributed by atoms with van der Waals surface area (Å²) >= 11 is 0. The highest BCUT2D eigenvalue weighted by atomic mass is 15.2. The van der Waals surface area contributed by atoms with E-state index in [4.69, 9.17) is 5.73 Å². The number of nitrogens with two attached hydrogens (primary N) is 1. The van der Waals surface area contributed by atoms with Crippen molar-refractivity contribution in [3.63, 3.8) is 0 Å². The largest absolute Gasteiger partial charge is 0.333 e. The molecule has 2 N–H and O–H groups in total. The molecule has 2 atom stereocenters. The van der Waals surface area contributed by atoms with E-state index in [0.29, 0.717) is 18.6 Å². The van der Waals surface area contributed by atoms with Crippen molar-refractivity contribution in [2.45, 2.75) is 58.2 Å². The predicted octanol–water partition coefficient (Wildman–Crippen LogP) is 2.17. The second kappa shape index (κ2) is 6.34. The lowest BCUT2D eigenvalue weighted by molar-refractivity contribution is 0.104. The number of aryl methyl sites for hydroxylation is 1. The van der Waals surface area contributed by atoms with Gasteiger partial charge in [0.05, 0.1) is 18.1 Å². The van der Waals surface area contributed by atoms with Gasteiger partial charge in [-0.2, -0.15) is 0 Å². The number of piperidine rings is 1. The number of rotatable bonds is 5. The van der Waals surface area contributed by atoms with Crippen molar-refractivity contribution in [2.75, 3.05) is 13.1 Å². The Kier molecular flexibility index (Phi) is 4.78. The average molecular weight is 250 g/mol. The van der Waals surface area contributed by atoms with Gasteiger partial charge >= 0.3 is 0 Å². The van der Waals surface area contributed by atoms with Gasteiger partial charge < -0.3 is 10.3 Å². The maximum absolute atomic E-state index is 6.04. The molecule has 1 aromatic rings. The van der Waals surface area contributed by atoms with E-state index in [1.165, 1.54) is 31.5 Å². The highest BCUT2D eigenvalue weighted by Gasteiger charge is 2.28. The lowest BCUT2D eigenvalue weighted by Gasteiger charge is -2.39. The summed E-state index contributed by atoms with van der Waals surface area (Å²) in [4.78, 5) is 6.87. The summed E-state index contributed by atoms with van der Waals surface area (Å²) in [5.74, 6) is 0. The fourth-order valence-corrected chi connectivity index (χ4v) is 3.05. The summed E-state index contributed by atoms with van der Waals surface area (Å²) in [5.41, 5.74) is 7.32. The number of hydrogen-bond acceptors (Lipinski definition) is 3. The minimum Gasteiger partial charge on any atom is -0.333 e. The lowest BCUT2D eigenvalue weighted by atomic mass is 10.00. The van der Waals surface area contributed by atoms with Gasteiger partial charge in [0.2, 0.25) is 0 Å². The number of aromatic nitrogens is 2. The molecule has 0 amide bonds. The first-order chi connectivity index (χ1) is 8.77. The average Bonchev–Trinajstić information content (AvgIpc) is 2.82. The number of nitrogens with zero attached hydrogens (tertiary/aromatic N) is 3. The molecule has 102 valence electrons. The molecule has 0 spiro atoms. The normalized spacial score (nSPS) is 23.2. The van der Waals surface area contributed by atoms with E-state index in [-0.39, 0.29) is 0 Å². The molecule has 0 aliphatic carbocycles. The van der Waals surface area contributed by atoms with Crippen molar-refractivity contribution in [1.29, 1.82) is 0 Å². The van der Waals surface area contributed by atoms with Crippen molar-refractivity contribution in [1.82, 2.24) is 14.5 Å². The monoisotopic (exact) mass is 250 g/mol. The van der Waals surface area contributed by atoms with Crippen LogP contribution >= 0.6 is 0 Å². The molecule has 1 aromatic heterocycles. The van der Waals surface area contributed by atoms with E-state index >= 15 is 0 Å². The van der Waals surface area contributed by atoms with Crippen LogP contribution in [0.25, 0.3) is 0 Å².